The van der Waals surface area contributed by atoms with Crippen molar-refractivity contribution in [3.8, 4) is 0 Å². The summed E-state index contributed by atoms with van der Waals surface area (Å²) >= 11 is 0. The molecular formula is C7H13O2. The quantitative estimate of drug-likeness (QED) is 0.577. The van der Waals surface area contributed by atoms with Crippen molar-refractivity contribution in [2.75, 3.05) is 0 Å². The smallest absolute Gasteiger partial charge is 0.418 e. The van der Waals surface area contributed by atoms with E-state index >= 15 is 0 Å². The van der Waals surface area contributed by atoms with Crippen molar-refractivity contribution in [1.29, 1.82) is 0 Å². The Morgan fingerprint density at radius 2 is 1.89 bits per heavy atom. The Balaban J connectivity index is 3.84. The van der Waals surface area contributed by atoms with E-state index in [0.717, 1.165) is 0 Å². The molecule has 0 bridgehead atoms. The van der Waals surface area contributed by atoms with E-state index in [9.17, 15) is 4.79 Å². The second-order valence-corrected chi connectivity index (χ2v) is 2.94. The Kier molecular flexibility index (Phi) is 2.68. The largest absolute Gasteiger partial charge is 0.451 e. The first kappa shape index (κ1) is 8.47. The third kappa shape index (κ3) is 2.49. The SMILES string of the molecule is CC(C)C(C)(C)O[C]=O. The topological polar surface area (TPSA) is 26.3 Å². The van der Waals surface area contributed by atoms with Gasteiger partial charge in [0.05, 0.1) is 0 Å². The van der Waals surface area contributed by atoms with Gasteiger partial charge >= 0.3 is 6.47 Å². The number of rotatable bonds is 3. The fraction of sp³-hybridized carbons (Fsp3) is 0.857. The van der Waals surface area contributed by atoms with Gasteiger partial charge in [-0.15, -0.1) is 0 Å². The lowest BCUT2D eigenvalue weighted by Crippen LogP contribution is -2.30. The van der Waals surface area contributed by atoms with Crippen LogP contribution in [-0.2, 0) is 9.53 Å². The van der Waals surface area contributed by atoms with Gasteiger partial charge in [0, 0.05) is 0 Å². The molecule has 2 nitrogen and oxygen atoms in total. The number of hydrogen-bond acceptors (Lipinski definition) is 2. The van der Waals surface area contributed by atoms with Gasteiger partial charge in [-0.05, 0) is 19.8 Å². The van der Waals surface area contributed by atoms with E-state index in [1.54, 1.807) is 0 Å². The van der Waals surface area contributed by atoms with Crippen LogP contribution < -0.4 is 0 Å². The van der Waals surface area contributed by atoms with Crippen LogP contribution in [0.4, 0.5) is 0 Å². The predicted octanol–water partition coefficient (Wildman–Crippen LogP) is 1.50. The van der Waals surface area contributed by atoms with E-state index in [4.69, 9.17) is 0 Å². The summed E-state index contributed by atoms with van der Waals surface area (Å²) in [5, 5.41) is 0. The lowest BCUT2D eigenvalue weighted by atomic mass is 9.95. The van der Waals surface area contributed by atoms with Gasteiger partial charge in [-0.1, -0.05) is 13.8 Å². The van der Waals surface area contributed by atoms with Crippen LogP contribution in [0.1, 0.15) is 27.7 Å². The van der Waals surface area contributed by atoms with E-state index in [1.807, 2.05) is 27.7 Å². The summed E-state index contributed by atoms with van der Waals surface area (Å²) in [6.07, 6.45) is 0. The summed E-state index contributed by atoms with van der Waals surface area (Å²) in [4.78, 5) is 9.78. The average Bonchev–Trinajstić information content (AvgIpc) is 1.65. The van der Waals surface area contributed by atoms with Crippen LogP contribution in [-0.4, -0.2) is 12.1 Å². The molecule has 0 aliphatic carbocycles. The summed E-state index contributed by atoms with van der Waals surface area (Å²) in [5.41, 5.74) is -0.373. The van der Waals surface area contributed by atoms with Gasteiger partial charge in [0.2, 0.25) is 0 Å². The van der Waals surface area contributed by atoms with Crippen LogP contribution in [0.15, 0.2) is 0 Å². The molecule has 0 fully saturated rings. The van der Waals surface area contributed by atoms with Gasteiger partial charge in [-0.2, -0.15) is 0 Å². The lowest BCUT2D eigenvalue weighted by molar-refractivity contribution is 0.0432. The molecule has 2 heteroatoms. The number of carbonyl (C=O) groups excluding carboxylic acids is 1. The first-order valence-corrected chi connectivity index (χ1v) is 3.06. The Labute approximate surface area is 56.2 Å². The van der Waals surface area contributed by atoms with Gasteiger partial charge in [0.25, 0.3) is 0 Å². The molecule has 0 saturated carbocycles. The molecule has 0 aromatic heterocycles. The monoisotopic (exact) mass is 129 g/mol. The summed E-state index contributed by atoms with van der Waals surface area (Å²) in [6.45, 7) is 9.16. The van der Waals surface area contributed by atoms with Crippen molar-refractivity contribution in [3.05, 3.63) is 0 Å². The predicted molar refractivity (Wildman–Crippen MR) is 35.7 cm³/mol. The Hall–Kier alpha value is -0.530. The first-order valence-electron chi connectivity index (χ1n) is 3.06. The third-order valence-electron chi connectivity index (χ3n) is 1.70. The Bertz CT molecular complexity index is 95.1. The van der Waals surface area contributed by atoms with Crippen LogP contribution in [0, 0.1) is 5.92 Å². The van der Waals surface area contributed by atoms with Crippen molar-refractivity contribution >= 4 is 6.47 Å². The van der Waals surface area contributed by atoms with Crippen molar-refractivity contribution in [3.63, 3.8) is 0 Å². The molecule has 0 aliphatic heterocycles. The second-order valence-electron chi connectivity index (χ2n) is 2.94. The van der Waals surface area contributed by atoms with Gasteiger partial charge in [-0.25, -0.2) is 4.79 Å². The molecule has 0 heterocycles. The summed E-state index contributed by atoms with van der Waals surface area (Å²) < 4.78 is 4.69. The van der Waals surface area contributed by atoms with Crippen molar-refractivity contribution < 1.29 is 9.53 Å². The highest BCUT2D eigenvalue weighted by Gasteiger charge is 2.23. The molecule has 0 aliphatic rings. The normalized spacial score (nSPS) is 11.7. The molecule has 0 aromatic carbocycles. The molecule has 0 saturated heterocycles. The van der Waals surface area contributed by atoms with E-state index < -0.39 is 0 Å². The van der Waals surface area contributed by atoms with E-state index in [2.05, 4.69) is 4.74 Å². The first-order chi connectivity index (χ1) is 4.00. The lowest BCUT2D eigenvalue weighted by Gasteiger charge is -2.25. The second kappa shape index (κ2) is 2.85. The fourth-order valence-corrected chi connectivity index (χ4v) is 0.225. The van der Waals surface area contributed by atoms with Crippen molar-refractivity contribution in [2.45, 2.75) is 33.3 Å². The maximum atomic E-state index is 9.78. The maximum absolute atomic E-state index is 9.78. The highest BCUT2D eigenvalue weighted by Crippen LogP contribution is 2.18. The van der Waals surface area contributed by atoms with Gasteiger partial charge in [-0.3, -0.25) is 0 Å². The van der Waals surface area contributed by atoms with Gasteiger partial charge in [0.1, 0.15) is 5.60 Å². The zero-order valence-corrected chi connectivity index (χ0v) is 6.39. The van der Waals surface area contributed by atoms with Crippen molar-refractivity contribution in [2.24, 2.45) is 5.92 Å². The number of hydrogen-bond donors (Lipinski definition) is 0. The summed E-state index contributed by atoms with van der Waals surface area (Å²) in [5.74, 6) is 0.332. The van der Waals surface area contributed by atoms with Gasteiger partial charge < -0.3 is 4.74 Å². The van der Waals surface area contributed by atoms with Gasteiger partial charge in [0.15, 0.2) is 0 Å². The molecule has 0 spiro atoms. The molecule has 0 unspecified atom stereocenters. The molecule has 0 rings (SSSR count). The third-order valence-corrected chi connectivity index (χ3v) is 1.70. The Morgan fingerprint density at radius 3 is 2.00 bits per heavy atom. The molecule has 1 radical (unpaired) electrons. The van der Waals surface area contributed by atoms with Crippen LogP contribution >= 0.6 is 0 Å². The minimum Gasteiger partial charge on any atom is -0.451 e. The highest BCUT2D eigenvalue weighted by molar-refractivity contribution is 5.39. The average molecular weight is 129 g/mol. The molecule has 9 heavy (non-hydrogen) atoms. The zero-order chi connectivity index (χ0) is 7.49. The standard InChI is InChI=1S/C7H13O2/c1-6(2)7(3,4)9-5-8/h6H,1-4H3. The molecule has 0 aromatic rings. The Morgan fingerprint density at radius 1 is 1.44 bits per heavy atom. The maximum Gasteiger partial charge on any atom is 0.418 e. The summed E-state index contributed by atoms with van der Waals surface area (Å²) in [7, 11) is 0. The molecule has 0 N–H and O–H groups in total. The van der Waals surface area contributed by atoms with Crippen LogP contribution in [0.5, 0.6) is 0 Å². The highest BCUT2D eigenvalue weighted by atomic mass is 16.5. The fourth-order valence-electron chi connectivity index (χ4n) is 0.225. The summed E-state index contributed by atoms with van der Waals surface area (Å²) in [6, 6.07) is 0. The van der Waals surface area contributed by atoms with Crippen molar-refractivity contribution in [1.82, 2.24) is 0 Å². The van der Waals surface area contributed by atoms with E-state index in [1.165, 1.54) is 6.47 Å². The number of ether oxygens (including phenoxy) is 1. The van der Waals surface area contributed by atoms with Crippen LogP contribution in [0.2, 0.25) is 0 Å². The van der Waals surface area contributed by atoms with Crippen LogP contribution in [0.3, 0.4) is 0 Å². The zero-order valence-electron chi connectivity index (χ0n) is 6.39. The minimum atomic E-state index is -0.373. The molecule has 0 amide bonds. The van der Waals surface area contributed by atoms with E-state index in [0.29, 0.717) is 5.92 Å². The molecular weight excluding hydrogens is 116 g/mol. The van der Waals surface area contributed by atoms with E-state index in [-0.39, 0.29) is 5.60 Å². The molecule has 0 atom stereocenters. The minimum absolute atomic E-state index is 0.332. The van der Waals surface area contributed by atoms with Crippen LogP contribution in [0.25, 0.3) is 0 Å². The molecule has 53 valence electrons.